The van der Waals surface area contributed by atoms with Crippen LogP contribution in [0.4, 0.5) is 15.7 Å². The molecule has 9 nitrogen and oxygen atoms in total. The van der Waals surface area contributed by atoms with Crippen molar-refractivity contribution in [2.45, 2.75) is 30.9 Å². The van der Waals surface area contributed by atoms with E-state index in [1.807, 2.05) is 42.5 Å². The van der Waals surface area contributed by atoms with Crippen molar-refractivity contribution in [2.75, 3.05) is 36.0 Å². The maximum absolute atomic E-state index is 11.5. The molecule has 1 saturated carbocycles. The molecule has 10 heteroatoms. The van der Waals surface area contributed by atoms with Crippen molar-refractivity contribution < 1.29 is 15.0 Å². The summed E-state index contributed by atoms with van der Waals surface area (Å²) < 4.78 is 0. The number of nitrogens with one attached hydrogen (secondary N) is 1. The summed E-state index contributed by atoms with van der Waals surface area (Å²) in [5.41, 5.74) is 2.16. The van der Waals surface area contributed by atoms with Gasteiger partial charge in [-0.05, 0) is 18.1 Å². The van der Waals surface area contributed by atoms with Crippen LogP contribution in [-0.4, -0.2) is 63.0 Å². The predicted molar refractivity (Wildman–Crippen MR) is 152 cm³/mol. The van der Waals surface area contributed by atoms with Crippen LogP contribution in [0, 0.1) is 0 Å². The molecule has 2 aliphatic rings. The summed E-state index contributed by atoms with van der Waals surface area (Å²) in [6, 6.07) is 18.2. The van der Waals surface area contributed by atoms with E-state index in [2.05, 4.69) is 37.2 Å². The van der Waals surface area contributed by atoms with Gasteiger partial charge in [-0.2, -0.15) is 0 Å². The van der Waals surface area contributed by atoms with Gasteiger partial charge in [0.1, 0.15) is 5.82 Å². The van der Waals surface area contributed by atoms with Crippen molar-refractivity contribution >= 4 is 28.4 Å². The Hall–Kier alpha value is -4.02. The highest BCUT2D eigenvalue weighted by atomic mass is 32.1. The zero-order valence-corrected chi connectivity index (χ0v) is 22.4. The zero-order valence-electron chi connectivity index (χ0n) is 21.6. The minimum atomic E-state index is -1.09. The maximum atomic E-state index is 11.5. The van der Waals surface area contributed by atoms with E-state index in [0.717, 1.165) is 64.4 Å². The van der Waals surface area contributed by atoms with E-state index < -0.39 is 17.2 Å². The third-order valence-corrected chi connectivity index (χ3v) is 8.66. The molecule has 2 aromatic heterocycles. The van der Waals surface area contributed by atoms with Gasteiger partial charge in [-0.3, -0.25) is 4.98 Å². The number of aliphatic hydroxyl groups is 1. The van der Waals surface area contributed by atoms with E-state index in [1.165, 1.54) is 0 Å². The van der Waals surface area contributed by atoms with Gasteiger partial charge in [-0.15, -0.1) is 0 Å². The number of carboxylic acid groups (broad SMARTS) is 1. The van der Waals surface area contributed by atoms with Crippen LogP contribution in [0.5, 0.6) is 0 Å². The van der Waals surface area contributed by atoms with Gasteiger partial charge in [0.25, 0.3) is 0 Å². The second-order valence-electron chi connectivity index (χ2n) is 10.5. The molecule has 200 valence electrons. The van der Waals surface area contributed by atoms with Crippen LogP contribution in [0.25, 0.3) is 21.7 Å². The Bertz CT molecular complexity index is 1440. The van der Waals surface area contributed by atoms with Crippen molar-refractivity contribution in [3.8, 4) is 21.7 Å². The Morgan fingerprint density at radius 3 is 2.26 bits per heavy atom. The van der Waals surface area contributed by atoms with Crippen LogP contribution in [0.3, 0.4) is 0 Å². The van der Waals surface area contributed by atoms with Crippen LogP contribution in [-0.2, 0) is 5.54 Å². The van der Waals surface area contributed by atoms with E-state index in [0.29, 0.717) is 12.8 Å². The average Bonchev–Trinajstić information content (AvgIpc) is 3.38. The monoisotopic (exact) mass is 542 g/mol. The number of rotatable bonds is 6. The van der Waals surface area contributed by atoms with Crippen LogP contribution in [0.15, 0.2) is 73.2 Å². The molecule has 2 aromatic carbocycles. The Kier molecular flexibility index (Phi) is 6.44. The number of amides is 1. The number of thiazole rings is 1. The molecule has 1 amide bonds. The van der Waals surface area contributed by atoms with Crippen LogP contribution >= 0.6 is 11.3 Å². The summed E-state index contributed by atoms with van der Waals surface area (Å²) in [7, 11) is 0. The molecule has 6 rings (SSSR count). The highest BCUT2D eigenvalue weighted by molar-refractivity contribution is 7.19. The Balaban J connectivity index is 1.29. The molecule has 0 bridgehead atoms. The van der Waals surface area contributed by atoms with Gasteiger partial charge in [-0.1, -0.05) is 65.9 Å². The van der Waals surface area contributed by atoms with Gasteiger partial charge >= 0.3 is 6.09 Å². The number of hydrogen-bond donors (Lipinski definition) is 3. The third kappa shape index (κ3) is 5.05. The Morgan fingerprint density at radius 2 is 1.64 bits per heavy atom. The largest absolute Gasteiger partial charge is 0.465 e. The second kappa shape index (κ2) is 9.94. The predicted octanol–water partition coefficient (Wildman–Crippen LogP) is 4.60. The van der Waals surface area contributed by atoms with Crippen LogP contribution in [0.1, 0.15) is 25.3 Å². The normalized spacial score (nSPS) is 22.8. The zero-order chi connectivity index (χ0) is 27.0. The fourth-order valence-electron chi connectivity index (χ4n) is 5.77. The van der Waals surface area contributed by atoms with Crippen LogP contribution in [0.2, 0.25) is 0 Å². The van der Waals surface area contributed by atoms with Gasteiger partial charge in [0.2, 0.25) is 0 Å². The molecule has 1 saturated heterocycles. The first kappa shape index (κ1) is 25.3. The fourth-order valence-corrected chi connectivity index (χ4v) is 6.92. The minimum Gasteiger partial charge on any atom is -0.465 e. The molecule has 3 heterocycles. The Morgan fingerprint density at radius 1 is 0.949 bits per heavy atom. The smallest absolute Gasteiger partial charge is 0.405 e. The molecule has 4 aromatic rings. The van der Waals surface area contributed by atoms with Crippen molar-refractivity contribution in [3.63, 3.8) is 0 Å². The summed E-state index contributed by atoms with van der Waals surface area (Å²) in [4.78, 5) is 30.9. The molecule has 0 radical (unpaired) electrons. The molecule has 2 fully saturated rings. The molecule has 0 unspecified atom stereocenters. The van der Waals surface area contributed by atoms with E-state index in [4.69, 9.17) is 4.98 Å². The summed E-state index contributed by atoms with van der Waals surface area (Å²) in [6.45, 7) is 5.08. The van der Waals surface area contributed by atoms with Crippen LogP contribution < -0.4 is 15.1 Å². The second-order valence-corrected chi connectivity index (χ2v) is 11.5. The number of piperazine rings is 1. The lowest BCUT2D eigenvalue weighted by Gasteiger charge is -2.51. The fraction of sp³-hybridized carbons (Fsp3) is 0.310. The quantitative estimate of drug-likeness (QED) is 0.324. The van der Waals surface area contributed by atoms with Gasteiger partial charge in [0.05, 0.1) is 27.9 Å². The molecule has 39 heavy (non-hydrogen) atoms. The minimum absolute atomic E-state index is 0.336. The van der Waals surface area contributed by atoms with Crippen molar-refractivity contribution in [1.29, 1.82) is 0 Å². The van der Waals surface area contributed by atoms with Gasteiger partial charge < -0.3 is 25.3 Å². The maximum Gasteiger partial charge on any atom is 0.405 e. The molecule has 1 aliphatic heterocycles. The molecular formula is C29H30N6O3S. The number of carbonyl (C=O) groups is 1. The highest BCUT2D eigenvalue weighted by Gasteiger charge is 2.53. The molecule has 1 aliphatic carbocycles. The van der Waals surface area contributed by atoms with Crippen molar-refractivity contribution in [3.05, 3.63) is 78.8 Å². The lowest BCUT2D eigenvalue weighted by molar-refractivity contribution is -0.0858. The average molecular weight is 543 g/mol. The lowest BCUT2D eigenvalue weighted by atomic mass is 9.62. The molecule has 0 spiro atoms. The highest BCUT2D eigenvalue weighted by Crippen LogP contribution is 2.49. The van der Waals surface area contributed by atoms with Gasteiger partial charge in [0.15, 0.2) is 5.13 Å². The van der Waals surface area contributed by atoms with E-state index >= 15 is 0 Å². The van der Waals surface area contributed by atoms with Crippen molar-refractivity contribution in [2.24, 2.45) is 0 Å². The SMILES string of the molecule is CC1(O)CC(NC(=O)O)(c2ccc(-c3nc(N4CCN(c5cnccn5)CC4)sc3-c3ccccc3)cc2)C1. The van der Waals surface area contributed by atoms with E-state index in [1.54, 1.807) is 36.9 Å². The number of anilines is 2. The first-order valence-corrected chi connectivity index (χ1v) is 13.8. The number of benzene rings is 2. The first-order valence-electron chi connectivity index (χ1n) is 13.0. The number of hydrogen-bond acceptors (Lipinski definition) is 8. The molecule has 3 N–H and O–H groups in total. The lowest BCUT2D eigenvalue weighted by Crippen LogP contribution is -2.61. The third-order valence-electron chi connectivity index (χ3n) is 7.50. The summed E-state index contributed by atoms with van der Waals surface area (Å²) >= 11 is 1.69. The van der Waals surface area contributed by atoms with Crippen molar-refractivity contribution in [1.82, 2.24) is 20.3 Å². The summed E-state index contributed by atoms with van der Waals surface area (Å²) in [6.07, 6.45) is 4.79. The first-order chi connectivity index (χ1) is 18.8. The number of aromatic nitrogens is 3. The molecular weight excluding hydrogens is 512 g/mol. The van der Waals surface area contributed by atoms with E-state index in [-0.39, 0.29) is 0 Å². The topological polar surface area (TPSA) is 115 Å². The van der Waals surface area contributed by atoms with E-state index in [9.17, 15) is 15.0 Å². The standard InChI is InChI=1S/C29H30N6O3S/c1-28(38)18-29(19-28,33-27(36)37)22-9-7-20(8-10-22)24-25(21-5-3-2-4-6-21)39-26(32-24)35-15-13-34(14-16-35)23-17-30-11-12-31-23/h2-12,17,33,38H,13-16,18-19H2,1H3,(H,36,37). The summed E-state index contributed by atoms with van der Waals surface area (Å²) in [5, 5.41) is 23.4. The van der Waals surface area contributed by atoms with Gasteiger partial charge in [0, 0.05) is 57.0 Å². The molecule has 0 atom stereocenters. The van der Waals surface area contributed by atoms with Gasteiger partial charge in [-0.25, -0.2) is 14.8 Å². The number of nitrogens with zero attached hydrogens (tertiary/aromatic N) is 5. The Labute approximate surface area is 230 Å². The summed E-state index contributed by atoms with van der Waals surface area (Å²) in [5.74, 6) is 0.894.